The Morgan fingerprint density at radius 2 is 1.90 bits per heavy atom. The molecule has 3 heterocycles. The van der Waals surface area contributed by atoms with Crippen LogP contribution in [0.5, 0.6) is 11.5 Å². The van der Waals surface area contributed by atoms with Crippen molar-refractivity contribution in [3.05, 3.63) is 88.5 Å². The number of fused-ring (bicyclic) bond motifs is 1. The van der Waals surface area contributed by atoms with Crippen LogP contribution in [0.1, 0.15) is 36.2 Å². The maximum absolute atomic E-state index is 14.1. The molecule has 0 unspecified atom stereocenters. The molecule has 0 radical (unpaired) electrons. The number of aliphatic carboxylic acids is 1. The summed E-state index contributed by atoms with van der Waals surface area (Å²) >= 11 is 5.82. The molecule has 0 bridgehead atoms. The van der Waals surface area contributed by atoms with E-state index >= 15 is 0 Å². The monoisotopic (exact) mass is 593 g/mol. The fourth-order valence-electron chi connectivity index (χ4n) is 5.50. The minimum absolute atomic E-state index is 0.0132. The van der Waals surface area contributed by atoms with E-state index in [-0.39, 0.29) is 31.0 Å². The highest BCUT2D eigenvalue weighted by molar-refractivity contribution is 6.30. The third-order valence-electron chi connectivity index (χ3n) is 7.82. The van der Waals surface area contributed by atoms with Crippen molar-refractivity contribution in [3.63, 3.8) is 0 Å². The second-order valence-corrected chi connectivity index (χ2v) is 11.4. The number of carboxylic acids is 1. The predicted octanol–water partition coefficient (Wildman–Crippen LogP) is 5.87. The number of imidazole rings is 1. The molecule has 6 rings (SSSR count). The van der Waals surface area contributed by atoms with Gasteiger partial charge in [0.1, 0.15) is 24.3 Å². The maximum atomic E-state index is 14.1. The van der Waals surface area contributed by atoms with Crippen molar-refractivity contribution in [3.8, 4) is 11.5 Å². The van der Waals surface area contributed by atoms with Gasteiger partial charge in [0.05, 0.1) is 36.6 Å². The summed E-state index contributed by atoms with van der Waals surface area (Å²) in [7, 11) is 0. The zero-order chi connectivity index (χ0) is 29.1. The number of nitrogens with zero attached hydrogens (tertiary/aromatic N) is 3. The zero-order valence-electron chi connectivity index (χ0n) is 23.2. The van der Waals surface area contributed by atoms with Crippen LogP contribution in [-0.2, 0) is 35.6 Å². The molecule has 2 saturated heterocycles. The maximum Gasteiger partial charge on any atom is 0.307 e. The molecule has 0 spiro atoms. The van der Waals surface area contributed by atoms with Crippen LogP contribution in [0, 0.1) is 5.82 Å². The number of hydrogen-bond acceptors (Lipinski definition) is 6. The Bertz CT molecular complexity index is 1570. The summed E-state index contributed by atoms with van der Waals surface area (Å²) in [5, 5.41) is 9.58. The molecule has 0 amide bonds. The lowest BCUT2D eigenvalue weighted by Gasteiger charge is -2.32. The van der Waals surface area contributed by atoms with E-state index in [1.54, 1.807) is 6.07 Å². The lowest BCUT2D eigenvalue weighted by Crippen LogP contribution is -2.39. The van der Waals surface area contributed by atoms with Crippen molar-refractivity contribution in [2.45, 2.75) is 57.6 Å². The average molecular weight is 594 g/mol. The highest BCUT2D eigenvalue weighted by atomic mass is 35.5. The Labute approximate surface area is 248 Å². The van der Waals surface area contributed by atoms with Gasteiger partial charge in [-0.05, 0) is 72.9 Å². The molecule has 2 aliphatic heterocycles. The van der Waals surface area contributed by atoms with Gasteiger partial charge in [0.15, 0.2) is 11.6 Å². The number of likely N-dealkylation sites (tertiary alicyclic amines) is 1. The number of piperidine rings is 1. The lowest BCUT2D eigenvalue weighted by atomic mass is 10.1. The van der Waals surface area contributed by atoms with Gasteiger partial charge in [-0.2, -0.15) is 0 Å². The molecule has 2 fully saturated rings. The quantitative estimate of drug-likeness (QED) is 0.233. The highest BCUT2D eigenvalue weighted by Crippen LogP contribution is 2.27. The molecule has 8 nitrogen and oxygen atoms in total. The summed E-state index contributed by atoms with van der Waals surface area (Å²) in [6, 6.07) is 17.8. The number of hydrogen-bond donors (Lipinski definition) is 1. The van der Waals surface area contributed by atoms with Gasteiger partial charge in [0, 0.05) is 24.7 Å². The van der Waals surface area contributed by atoms with Gasteiger partial charge in [-0.3, -0.25) is 9.69 Å². The predicted molar refractivity (Wildman–Crippen MR) is 157 cm³/mol. The van der Waals surface area contributed by atoms with E-state index < -0.39 is 11.8 Å². The van der Waals surface area contributed by atoms with Gasteiger partial charge in [0.25, 0.3) is 0 Å². The normalized spacial score (nSPS) is 17.7. The van der Waals surface area contributed by atoms with E-state index in [0.29, 0.717) is 18.1 Å². The Balaban J connectivity index is 1.06. The van der Waals surface area contributed by atoms with Crippen molar-refractivity contribution in [2.75, 3.05) is 19.7 Å². The van der Waals surface area contributed by atoms with Crippen molar-refractivity contribution >= 4 is 28.6 Å². The van der Waals surface area contributed by atoms with E-state index in [0.717, 1.165) is 72.7 Å². The van der Waals surface area contributed by atoms with Gasteiger partial charge >= 0.3 is 5.97 Å². The van der Waals surface area contributed by atoms with Crippen molar-refractivity contribution < 1.29 is 28.5 Å². The van der Waals surface area contributed by atoms with E-state index in [9.17, 15) is 14.3 Å². The summed E-state index contributed by atoms with van der Waals surface area (Å²) in [4.78, 5) is 18.6. The van der Waals surface area contributed by atoms with Crippen LogP contribution in [0.2, 0.25) is 5.02 Å². The summed E-state index contributed by atoms with van der Waals surface area (Å²) in [6.45, 7) is 4.16. The molecular weight excluding hydrogens is 561 g/mol. The molecular formula is C32H33ClFN3O5. The number of carbonyl (C=O) groups is 1. The molecule has 0 aliphatic carbocycles. The van der Waals surface area contributed by atoms with Gasteiger partial charge in [-0.1, -0.05) is 29.8 Å². The number of aromatic nitrogens is 2. The van der Waals surface area contributed by atoms with E-state index in [4.69, 9.17) is 30.8 Å². The van der Waals surface area contributed by atoms with Gasteiger partial charge in [-0.15, -0.1) is 0 Å². The standard InChI is InChI=1S/C32H33ClFN3O5/c33-23-5-7-30(27(34)17-23)41-20-22-2-1-3-25(14-22)42-24-8-11-36(12-9-24)19-31-35-28-6-4-21(16-32(38)39)15-29(28)37(31)18-26-10-13-40-26/h1-7,14-15,17,24,26H,8-13,16,18-20H2,(H,38,39)/t26-/m0/s1. The van der Waals surface area contributed by atoms with Crippen LogP contribution in [-0.4, -0.2) is 57.4 Å². The first-order chi connectivity index (χ1) is 20.4. The second kappa shape index (κ2) is 12.7. The molecule has 220 valence electrons. The third-order valence-corrected chi connectivity index (χ3v) is 8.05. The molecule has 1 N–H and O–H groups in total. The van der Waals surface area contributed by atoms with Gasteiger partial charge in [0.2, 0.25) is 0 Å². The summed E-state index contributed by atoms with van der Waals surface area (Å²) in [5.74, 6) is 0.563. The lowest BCUT2D eigenvalue weighted by molar-refractivity contribution is -0.136. The van der Waals surface area contributed by atoms with Gasteiger partial charge < -0.3 is 23.9 Å². The van der Waals surface area contributed by atoms with Crippen molar-refractivity contribution in [2.24, 2.45) is 0 Å². The van der Waals surface area contributed by atoms with E-state index in [1.807, 2.05) is 42.5 Å². The first-order valence-corrected chi connectivity index (χ1v) is 14.6. The van der Waals surface area contributed by atoms with Crippen LogP contribution in [0.3, 0.4) is 0 Å². The minimum Gasteiger partial charge on any atom is -0.490 e. The number of rotatable bonds is 11. The number of ether oxygens (including phenoxy) is 3. The molecule has 4 aromatic rings. The number of benzene rings is 3. The average Bonchev–Trinajstić information content (AvgIpc) is 3.27. The first-order valence-electron chi connectivity index (χ1n) is 14.3. The molecule has 42 heavy (non-hydrogen) atoms. The van der Waals surface area contributed by atoms with Crippen LogP contribution in [0.25, 0.3) is 11.0 Å². The highest BCUT2D eigenvalue weighted by Gasteiger charge is 2.25. The number of halogens is 2. The van der Waals surface area contributed by atoms with Crippen LogP contribution in [0.4, 0.5) is 4.39 Å². The van der Waals surface area contributed by atoms with Crippen LogP contribution >= 0.6 is 11.6 Å². The summed E-state index contributed by atoms with van der Waals surface area (Å²) < 4.78 is 33.9. The molecule has 2 aliphatic rings. The Hall–Kier alpha value is -3.66. The fourth-order valence-corrected chi connectivity index (χ4v) is 5.66. The largest absolute Gasteiger partial charge is 0.490 e. The molecule has 1 atom stereocenters. The molecule has 10 heteroatoms. The summed E-state index contributed by atoms with van der Waals surface area (Å²) in [5.41, 5.74) is 3.49. The second-order valence-electron chi connectivity index (χ2n) is 10.9. The minimum atomic E-state index is -0.846. The summed E-state index contributed by atoms with van der Waals surface area (Å²) in [6.07, 6.45) is 3.02. The SMILES string of the molecule is O=C(O)Cc1ccc2nc(CN3CCC(Oc4cccc(COc5ccc(Cl)cc5F)c4)CC3)n(C[C@@H]3CCO3)c2c1. The Kier molecular flexibility index (Phi) is 8.60. The van der Waals surface area contributed by atoms with Gasteiger partial charge in [-0.25, -0.2) is 9.37 Å². The van der Waals surface area contributed by atoms with E-state index in [2.05, 4.69) is 9.47 Å². The van der Waals surface area contributed by atoms with E-state index in [1.165, 1.54) is 12.1 Å². The smallest absolute Gasteiger partial charge is 0.307 e. The zero-order valence-corrected chi connectivity index (χ0v) is 23.9. The van der Waals surface area contributed by atoms with Crippen molar-refractivity contribution in [1.82, 2.24) is 14.5 Å². The molecule has 3 aromatic carbocycles. The van der Waals surface area contributed by atoms with Crippen LogP contribution < -0.4 is 9.47 Å². The fraction of sp³-hybridized carbons (Fsp3) is 0.375. The van der Waals surface area contributed by atoms with Crippen LogP contribution in [0.15, 0.2) is 60.7 Å². The van der Waals surface area contributed by atoms with Crippen molar-refractivity contribution in [1.29, 1.82) is 0 Å². The number of carboxylic acid groups (broad SMARTS) is 1. The molecule has 0 saturated carbocycles. The third kappa shape index (κ3) is 6.86. The first kappa shape index (κ1) is 28.5. The Morgan fingerprint density at radius 1 is 1.07 bits per heavy atom. The Morgan fingerprint density at radius 3 is 2.64 bits per heavy atom. The topological polar surface area (TPSA) is 86.0 Å². The molecule has 1 aromatic heterocycles.